The second kappa shape index (κ2) is 14.5. The summed E-state index contributed by atoms with van der Waals surface area (Å²) in [7, 11) is 0. The van der Waals surface area contributed by atoms with Crippen molar-refractivity contribution in [2.45, 2.75) is 49.9 Å². The molecule has 0 aliphatic heterocycles. The number of carboxylic acid groups (broad SMARTS) is 3. The van der Waals surface area contributed by atoms with Gasteiger partial charge >= 0.3 is 17.9 Å². The van der Waals surface area contributed by atoms with E-state index in [1.807, 2.05) is 5.32 Å². The normalized spacial score (nSPS) is 13.9. The van der Waals surface area contributed by atoms with Crippen molar-refractivity contribution in [1.82, 2.24) is 16.0 Å². The lowest BCUT2D eigenvalue weighted by molar-refractivity contribution is -0.144. The Labute approximate surface area is 210 Å². The number of amides is 3. The van der Waals surface area contributed by atoms with Crippen molar-refractivity contribution in [2.24, 2.45) is 5.73 Å². The van der Waals surface area contributed by atoms with Crippen molar-refractivity contribution in [3.8, 4) is 5.75 Å². The lowest BCUT2D eigenvalue weighted by Crippen LogP contribution is -2.58. The third kappa shape index (κ3) is 10.6. The molecular weight excluding hydrogens is 500 g/mol. The van der Waals surface area contributed by atoms with E-state index < -0.39 is 79.1 Å². The fraction of sp³-hybridized carbons (Fsp3) is 0.429. The molecule has 1 rings (SSSR count). The predicted molar refractivity (Wildman–Crippen MR) is 126 cm³/mol. The Morgan fingerprint density at radius 2 is 1.33 bits per heavy atom. The van der Waals surface area contributed by atoms with Gasteiger partial charge in [0.15, 0.2) is 0 Å². The van der Waals surface area contributed by atoms with Crippen LogP contribution in [0.25, 0.3) is 0 Å². The molecule has 0 saturated heterocycles. The number of carbonyl (C=O) groups excluding carboxylic acids is 3. The summed E-state index contributed by atoms with van der Waals surface area (Å²) < 4.78 is 0. The standard InChI is InChI=1S/C21H28N4O10S/c22-12(9-36)18(31)24-14(7-10-1-3-11(26)4-2-10)19(32)25-15(8-17(29)30)20(33)23-13(21(34)35)5-6-16(27)28/h1-4,12-15,26,36H,5-9,22H2,(H,23,33)(H,24,31)(H,25,32)(H,27,28)(H,29,30)(H,34,35). The van der Waals surface area contributed by atoms with Gasteiger partial charge in [-0.3, -0.25) is 24.0 Å². The summed E-state index contributed by atoms with van der Waals surface area (Å²) in [6.07, 6.45) is -2.13. The van der Waals surface area contributed by atoms with Gasteiger partial charge in [-0.15, -0.1) is 0 Å². The number of nitrogens with one attached hydrogen (secondary N) is 3. The van der Waals surface area contributed by atoms with Gasteiger partial charge in [0.1, 0.15) is 23.9 Å². The second-order valence-corrected chi connectivity index (χ2v) is 8.08. The molecule has 1 aromatic rings. The van der Waals surface area contributed by atoms with Crippen LogP contribution in [-0.2, 0) is 35.2 Å². The highest BCUT2D eigenvalue weighted by Crippen LogP contribution is 2.12. The first-order valence-electron chi connectivity index (χ1n) is 10.6. The SMILES string of the molecule is NC(CS)C(=O)NC(Cc1ccc(O)cc1)C(=O)NC(CC(=O)O)C(=O)NC(CCC(=O)O)C(=O)O. The molecule has 0 aliphatic rings. The van der Waals surface area contributed by atoms with Crippen LogP contribution in [-0.4, -0.2) is 86.0 Å². The van der Waals surface area contributed by atoms with Gasteiger partial charge in [-0.2, -0.15) is 12.6 Å². The Bertz CT molecular complexity index is 972. The first-order valence-corrected chi connectivity index (χ1v) is 11.2. The molecule has 0 aliphatic carbocycles. The number of carbonyl (C=O) groups is 6. The average Bonchev–Trinajstić information content (AvgIpc) is 2.80. The first kappa shape index (κ1) is 30.2. The van der Waals surface area contributed by atoms with Crippen LogP contribution in [0.2, 0.25) is 0 Å². The largest absolute Gasteiger partial charge is 0.508 e. The number of aliphatic carboxylic acids is 3. The summed E-state index contributed by atoms with van der Waals surface area (Å²) in [6.45, 7) is 0. The van der Waals surface area contributed by atoms with Gasteiger partial charge in [0.25, 0.3) is 0 Å². The Morgan fingerprint density at radius 3 is 1.83 bits per heavy atom. The number of carboxylic acids is 3. The Balaban J connectivity index is 3.11. The average molecular weight is 529 g/mol. The minimum absolute atomic E-state index is 0.0453. The van der Waals surface area contributed by atoms with Gasteiger partial charge in [-0.1, -0.05) is 12.1 Å². The van der Waals surface area contributed by atoms with Crippen LogP contribution in [0.4, 0.5) is 0 Å². The summed E-state index contributed by atoms with van der Waals surface area (Å²) in [5, 5.41) is 43.2. The third-order valence-electron chi connectivity index (χ3n) is 4.82. The highest BCUT2D eigenvalue weighted by molar-refractivity contribution is 7.80. The fourth-order valence-corrected chi connectivity index (χ4v) is 3.06. The number of phenols is 1. The quantitative estimate of drug-likeness (QED) is 0.113. The van der Waals surface area contributed by atoms with E-state index in [4.69, 9.17) is 10.8 Å². The van der Waals surface area contributed by atoms with Gasteiger partial charge < -0.3 is 42.1 Å². The Kier molecular flexibility index (Phi) is 12.2. The minimum Gasteiger partial charge on any atom is -0.508 e. The maximum atomic E-state index is 13.0. The molecule has 9 N–H and O–H groups in total. The van der Waals surface area contributed by atoms with E-state index in [0.29, 0.717) is 5.56 Å². The zero-order valence-electron chi connectivity index (χ0n) is 18.9. The molecule has 36 heavy (non-hydrogen) atoms. The molecule has 4 atom stereocenters. The van der Waals surface area contributed by atoms with Crippen LogP contribution in [0.1, 0.15) is 24.8 Å². The van der Waals surface area contributed by atoms with E-state index in [-0.39, 0.29) is 17.9 Å². The molecule has 0 heterocycles. The molecule has 0 aromatic heterocycles. The molecule has 0 fully saturated rings. The Hall–Kier alpha value is -3.85. The third-order valence-corrected chi connectivity index (χ3v) is 5.21. The molecule has 3 amide bonds. The lowest BCUT2D eigenvalue weighted by Gasteiger charge is -2.24. The smallest absolute Gasteiger partial charge is 0.326 e. The molecular formula is C21H28N4O10S. The van der Waals surface area contributed by atoms with Crippen LogP contribution in [0.15, 0.2) is 24.3 Å². The van der Waals surface area contributed by atoms with Crippen LogP contribution in [0.5, 0.6) is 5.75 Å². The van der Waals surface area contributed by atoms with Gasteiger partial charge in [0.2, 0.25) is 17.7 Å². The Morgan fingerprint density at radius 1 is 0.806 bits per heavy atom. The van der Waals surface area contributed by atoms with Gasteiger partial charge in [0, 0.05) is 18.6 Å². The van der Waals surface area contributed by atoms with Gasteiger partial charge in [-0.05, 0) is 24.1 Å². The molecule has 0 radical (unpaired) electrons. The van der Waals surface area contributed by atoms with Crippen LogP contribution < -0.4 is 21.7 Å². The summed E-state index contributed by atoms with van der Waals surface area (Å²) in [5.41, 5.74) is 6.13. The minimum atomic E-state index is -1.75. The topological polar surface area (TPSA) is 245 Å². The summed E-state index contributed by atoms with van der Waals surface area (Å²) >= 11 is 3.92. The molecule has 0 spiro atoms. The van der Waals surface area contributed by atoms with Crippen molar-refractivity contribution in [3.05, 3.63) is 29.8 Å². The maximum Gasteiger partial charge on any atom is 0.326 e. The van der Waals surface area contributed by atoms with E-state index in [1.165, 1.54) is 24.3 Å². The van der Waals surface area contributed by atoms with Crippen LogP contribution in [0, 0.1) is 0 Å². The van der Waals surface area contributed by atoms with E-state index >= 15 is 0 Å². The highest BCUT2D eigenvalue weighted by Gasteiger charge is 2.31. The summed E-state index contributed by atoms with van der Waals surface area (Å²) in [5.74, 6) is -7.34. The number of thiol groups is 1. The predicted octanol–water partition coefficient (Wildman–Crippen LogP) is -1.93. The molecule has 15 heteroatoms. The van der Waals surface area contributed by atoms with Crippen LogP contribution >= 0.6 is 12.6 Å². The molecule has 198 valence electrons. The number of phenolic OH excluding ortho intramolecular Hbond substituents is 1. The number of rotatable bonds is 15. The van der Waals surface area contributed by atoms with Gasteiger partial charge in [-0.25, -0.2) is 4.79 Å². The van der Waals surface area contributed by atoms with E-state index in [2.05, 4.69) is 23.3 Å². The van der Waals surface area contributed by atoms with E-state index in [0.717, 1.165) is 0 Å². The van der Waals surface area contributed by atoms with Crippen molar-refractivity contribution >= 4 is 48.3 Å². The van der Waals surface area contributed by atoms with Crippen molar-refractivity contribution in [2.75, 3.05) is 5.75 Å². The number of hydrogen-bond donors (Lipinski definition) is 9. The first-order chi connectivity index (χ1) is 16.8. The highest BCUT2D eigenvalue weighted by atomic mass is 32.1. The fourth-order valence-electron chi connectivity index (χ4n) is 2.89. The summed E-state index contributed by atoms with van der Waals surface area (Å²) in [4.78, 5) is 71.3. The zero-order valence-corrected chi connectivity index (χ0v) is 19.8. The van der Waals surface area contributed by atoms with Gasteiger partial charge in [0.05, 0.1) is 12.5 Å². The second-order valence-electron chi connectivity index (χ2n) is 7.71. The van der Waals surface area contributed by atoms with E-state index in [9.17, 15) is 44.1 Å². The molecule has 1 aromatic carbocycles. The molecule has 14 nitrogen and oxygen atoms in total. The number of aromatic hydroxyl groups is 1. The van der Waals surface area contributed by atoms with Crippen molar-refractivity contribution in [3.63, 3.8) is 0 Å². The zero-order chi connectivity index (χ0) is 27.4. The van der Waals surface area contributed by atoms with Crippen molar-refractivity contribution < 1.29 is 49.2 Å². The number of hydrogen-bond acceptors (Lipinski definition) is 9. The van der Waals surface area contributed by atoms with E-state index in [1.54, 1.807) is 0 Å². The lowest BCUT2D eigenvalue weighted by atomic mass is 10.0. The van der Waals surface area contributed by atoms with Crippen LogP contribution in [0.3, 0.4) is 0 Å². The maximum absolute atomic E-state index is 13.0. The molecule has 4 unspecified atom stereocenters. The summed E-state index contributed by atoms with van der Waals surface area (Å²) in [6, 6.07) is -0.178. The number of nitrogens with two attached hydrogens (primary N) is 1. The number of benzene rings is 1. The van der Waals surface area contributed by atoms with Crippen molar-refractivity contribution in [1.29, 1.82) is 0 Å². The monoisotopic (exact) mass is 528 g/mol. The molecule has 0 bridgehead atoms. The molecule has 0 saturated carbocycles.